The number of carbonyl (C=O) groups is 2. The first-order valence-electron chi connectivity index (χ1n) is 9.57. The number of rotatable bonds is 5. The number of amides is 1. The third-order valence-corrected chi connectivity index (χ3v) is 5.27. The van der Waals surface area contributed by atoms with Crippen molar-refractivity contribution in [3.8, 4) is 0 Å². The zero-order valence-corrected chi connectivity index (χ0v) is 15.0. The van der Waals surface area contributed by atoms with E-state index in [0.29, 0.717) is 24.9 Å². The van der Waals surface area contributed by atoms with Gasteiger partial charge in [0, 0.05) is 12.6 Å². The van der Waals surface area contributed by atoms with E-state index in [1.807, 2.05) is 4.68 Å². The van der Waals surface area contributed by atoms with E-state index in [-0.39, 0.29) is 24.3 Å². The van der Waals surface area contributed by atoms with E-state index in [1.54, 1.807) is 18.0 Å². The van der Waals surface area contributed by atoms with Crippen molar-refractivity contribution in [2.75, 3.05) is 13.2 Å². The van der Waals surface area contributed by atoms with Gasteiger partial charge in [0.1, 0.15) is 0 Å². The predicted octanol–water partition coefficient (Wildman–Crippen LogP) is 2.73. The van der Waals surface area contributed by atoms with Crippen LogP contribution >= 0.6 is 0 Å². The van der Waals surface area contributed by atoms with E-state index in [9.17, 15) is 9.59 Å². The summed E-state index contributed by atoms with van der Waals surface area (Å²) in [5.41, 5.74) is 0.390. The molecule has 1 saturated carbocycles. The third kappa shape index (κ3) is 4.38. The Morgan fingerprint density at radius 3 is 2.68 bits per heavy atom. The number of esters is 1. The van der Waals surface area contributed by atoms with Gasteiger partial charge in [-0.15, -0.1) is 5.10 Å². The second-order valence-corrected chi connectivity index (χ2v) is 7.03. The topological polar surface area (TPSA) is 77.3 Å². The van der Waals surface area contributed by atoms with E-state index in [0.717, 1.165) is 32.1 Å². The minimum atomic E-state index is -0.238. The van der Waals surface area contributed by atoms with Crippen molar-refractivity contribution < 1.29 is 14.3 Å². The number of hydrogen-bond donors (Lipinski definition) is 0. The normalized spacial score (nSPS) is 22.0. The fraction of sp³-hybridized carbons (Fsp3) is 0.778. The highest BCUT2D eigenvalue weighted by atomic mass is 16.5. The van der Waals surface area contributed by atoms with Crippen LogP contribution in [-0.2, 0) is 9.53 Å². The zero-order valence-electron chi connectivity index (χ0n) is 15.0. The van der Waals surface area contributed by atoms with E-state index in [1.165, 1.54) is 19.3 Å². The first kappa shape index (κ1) is 17.9. The quantitative estimate of drug-likeness (QED) is 0.765. The molecule has 0 spiro atoms. The maximum absolute atomic E-state index is 12.9. The number of hydrogen-bond acceptors (Lipinski definition) is 5. The largest absolute Gasteiger partial charge is 0.466 e. The highest BCUT2D eigenvalue weighted by Gasteiger charge is 2.31. The monoisotopic (exact) mass is 348 g/mol. The van der Waals surface area contributed by atoms with Gasteiger partial charge < -0.3 is 9.64 Å². The van der Waals surface area contributed by atoms with Gasteiger partial charge in [0.2, 0.25) is 0 Å². The average molecular weight is 348 g/mol. The zero-order chi connectivity index (χ0) is 17.6. The van der Waals surface area contributed by atoms with E-state index in [4.69, 9.17) is 4.74 Å². The van der Waals surface area contributed by atoms with Crippen molar-refractivity contribution in [3.05, 3.63) is 11.9 Å². The van der Waals surface area contributed by atoms with Gasteiger partial charge >= 0.3 is 5.97 Å². The third-order valence-electron chi connectivity index (χ3n) is 5.27. The molecule has 1 saturated heterocycles. The number of likely N-dealkylation sites (tertiary alicyclic amines) is 1. The Morgan fingerprint density at radius 1 is 1.16 bits per heavy atom. The molecule has 138 valence electrons. The van der Waals surface area contributed by atoms with Gasteiger partial charge in [-0.05, 0) is 39.0 Å². The summed E-state index contributed by atoms with van der Waals surface area (Å²) in [5, 5.41) is 8.32. The second kappa shape index (κ2) is 8.45. The van der Waals surface area contributed by atoms with Crippen LogP contribution < -0.4 is 0 Å². The Bertz CT molecular complexity index is 595. The van der Waals surface area contributed by atoms with Crippen LogP contribution in [0.5, 0.6) is 0 Å². The summed E-state index contributed by atoms with van der Waals surface area (Å²) in [4.78, 5) is 26.5. The molecular formula is C18H28N4O3. The SMILES string of the molecule is CCOC(=O)C[C@@H]1CCCCN1C(=O)c1cn(C2CCCCC2)nn1. The Kier molecular flexibility index (Phi) is 6.04. The minimum absolute atomic E-state index is 0.0971. The van der Waals surface area contributed by atoms with Crippen LogP contribution in [0.15, 0.2) is 6.20 Å². The van der Waals surface area contributed by atoms with Crippen LogP contribution in [0.4, 0.5) is 0 Å². The van der Waals surface area contributed by atoms with Gasteiger partial charge in [-0.25, -0.2) is 4.68 Å². The highest BCUT2D eigenvalue weighted by molar-refractivity contribution is 5.92. The molecule has 0 aromatic carbocycles. The molecule has 0 radical (unpaired) electrons. The molecule has 0 bridgehead atoms. The maximum Gasteiger partial charge on any atom is 0.307 e. The summed E-state index contributed by atoms with van der Waals surface area (Å²) in [6.07, 6.45) is 10.8. The molecule has 7 heteroatoms. The molecule has 3 rings (SSSR count). The Morgan fingerprint density at radius 2 is 1.92 bits per heavy atom. The first-order chi connectivity index (χ1) is 12.2. The van der Waals surface area contributed by atoms with Crippen molar-refractivity contribution in [3.63, 3.8) is 0 Å². The Hall–Kier alpha value is -1.92. The van der Waals surface area contributed by atoms with Crippen molar-refractivity contribution in [2.24, 2.45) is 0 Å². The molecule has 7 nitrogen and oxygen atoms in total. The first-order valence-corrected chi connectivity index (χ1v) is 9.57. The van der Waals surface area contributed by atoms with Crippen molar-refractivity contribution >= 4 is 11.9 Å². The molecule has 2 heterocycles. The number of piperidine rings is 1. The van der Waals surface area contributed by atoms with Gasteiger partial charge in [0.25, 0.3) is 5.91 Å². The van der Waals surface area contributed by atoms with Crippen LogP contribution in [0.1, 0.15) is 81.2 Å². The molecule has 1 aliphatic heterocycles. The van der Waals surface area contributed by atoms with Gasteiger partial charge in [0.05, 0.1) is 25.3 Å². The molecule has 1 atom stereocenters. The van der Waals surface area contributed by atoms with Crippen molar-refractivity contribution in [2.45, 2.75) is 76.8 Å². The van der Waals surface area contributed by atoms with Crippen LogP contribution in [0, 0.1) is 0 Å². The Balaban J connectivity index is 1.67. The minimum Gasteiger partial charge on any atom is -0.466 e. The number of carbonyl (C=O) groups excluding carboxylic acids is 2. The summed E-state index contributed by atoms with van der Waals surface area (Å²) in [5.74, 6) is -0.353. The summed E-state index contributed by atoms with van der Waals surface area (Å²) < 4.78 is 6.91. The lowest BCUT2D eigenvalue weighted by Gasteiger charge is -2.34. The highest BCUT2D eigenvalue weighted by Crippen LogP contribution is 2.28. The average Bonchev–Trinajstić information content (AvgIpc) is 3.13. The smallest absolute Gasteiger partial charge is 0.307 e. The summed E-state index contributed by atoms with van der Waals surface area (Å²) in [6, 6.07) is 0.264. The molecule has 1 aromatic rings. The van der Waals surface area contributed by atoms with Gasteiger partial charge in [-0.1, -0.05) is 24.5 Å². The van der Waals surface area contributed by atoms with Crippen molar-refractivity contribution in [1.82, 2.24) is 19.9 Å². The molecular weight excluding hydrogens is 320 g/mol. The van der Waals surface area contributed by atoms with E-state index >= 15 is 0 Å². The lowest BCUT2D eigenvalue weighted by atomic mass is 9.96. The lowest BCUT2D eigenvalue weighted by molar-refractivity contribution is -0.144. The fourth-order valence-electron chi connectivity index (χ4n) is 3.94. The van der Waals surface area contributed by atoms with E-state index in [2.05, 4.69) is 10.3 Å². The maximum atomic E-state index is 12.9. The molecule has 0 N–H and O–H groups in total. The number of nitrogens with zero attached hydrogens (tertiary/aromatic N) is 4. The lowest BCUT2D eigenvalue weighted by Crippen LogP contribution is -2.45. The molecule has 2 aliphatic rings. The van der Waals surface area contributed by atoms with Crippen LogP contribution in [-0.4, -0.2) is 51.0 Å². The van der Waals surface area contributed by atoms with Crippen LogP contribution in [0.2, 0.25) is 0 Å². The molecule has 1 aliphatic carbocycles. The summed E-state index contributed by atoms with van der Waals surface area (Å²) in [7, 11) is 0. The Labute approximate surface area is 148 Å². The van der Waals surface area contributed by atoms with Crippen LogP contribution in [0.25, 0.3) is 0 Å². The summed E-state index contributed by atoms with van der Waals surface area (Å²) >= 11 is 0. The van der Waals surface area contributed by atoms with Gasteiger partial charge in [-0.3, -0.25) is 9.59 Å². The molecule has 0 unspecified atom stereocenters. The van der Waals surface area contributed by atoms with Crippen molar-refractivity contribution in [1.29, 1.82) is 0 Å². The van der Waals surface area contributed by atoms with E-state index < -0.39 is 0 Å². The fourth-order valence-corrected chi connectivity index (χ4v) is 3.94. The predicted molar refractivity (Wildman–Crippen MR) is 92.1 cm³/mol. The molecule has 2 fully saturated rings. The second-order valence-electron chi connectivity index (χ2n) is 7.03. The van der Waals surface area contributed by atoms with Gasteiger partial charge in [-0.2, -0.15) is 0 Å². The standard InChI is InChI=1S/C18H28N4O3/c1-2-25-17(23)12-15-10-6-7-11-21(15)18(24)16-13-22(20-19-16)14-8-4-3-5-9-14/h13-15H,2-12H2,1H3/t15-/m0/s1. The molecule has 25 heavy (non-hydrogen) atoms. The number of aromatic nitrogens is 3. The summed E-state index contributed by atoms with van der Waals surface area (Å²) in [6.45, 7) is 2.83. The van der Waals surface area contributed by atoms with Crippen LogP contribution in [0.3, 0.4) is 0 Å². The molecule has 1 aromatic heterocycles. The molecule has 1 amide bonds. The van der Waals surface area contributed by atoms with Gasteiger partial charge in [0.15, 0.2) is 5.69 Å². The number of ether oxygens (including phenoxy) is 1.